The van der Waals surface area contributed by atoms with Crippen LogP contribution in [0.4, 0.5) is 5.82 Å². The van der Waals surface area contributed by atoms with Crippen molar-refractivity contribution in [2.45, 2.75) is 24.9 Å². The van der Waals surface area contributed by atoms with E-state index in [1.807, 2.05) is 24.3 Å². The number of fused-ring (bicyclic) bond motifs is 1. The van der Waals surface area contributed by atoms with Crippen LogP contribution in [0.1, 0.15) is 17.5 Å². The minimum Gasteiger partial charge on any atom is -0.388 e. The van der Waals surface area contributed by atoms with Gasteiger partial charge < -0.3 is 14.9 Å². The average Bonchev–Trinajstić information content (AvgIpc) is 3.05. The van der Waals surface area contributed by atoms with E-state index < -0.39 is 17.4 Å². The maximum atomic E-state index is 11.8. The molecular weight excluding hydrogens is 298 g/mol. The number of carbonyl (C=O) groups is 2. The molecule has 2 aromatic rings. The van der Waals surface area contributed by atoms with Gasteiger partial charge >= 0.3 is 11.8 Å². The standard InChI is InChI=1S/C16H17N3O4/c20-14(15(21)18-13-6-8-23-19-13)17-10-16(22)7-5-11-3-1-2-4-12(11)9-16/h1-4,6,8,22H,5,7,9-10H2,(H,17,20)(H,18,19,21). The lowest BCUT2D eigenvalue weighted by atomic mass is 9.80. The number of rotatable bonds is 3. The quantitative estimate of drug-likeness (QED) is 0.721. The summed E-state index contributed by atoms with van der Waals surface area (Å²) in [4.78, 5) is 23.5. The monoisotopic (exact) mass is 315 g/mol. The second kappa shape index (κ2) is 6.21. The Balaban J connectivity index is 1.55. The summed E-state index contributed by atoms with van der Waals surface area (Å²) >= 11 is 0. The van der Waals surface area contributed by atoms with Crippen molar-refractivity contribution in [2.75, 3.05) is 11.9 Å². The van der Waals surface area contributed by atoms with Crippen LogP contribution in [0, 0.1) is 0 Å². The summed E-state index contributed by atoms with van der Waals surface area (Å²) in [5.74, 6) is -1.51. The highest BCUT2D eigenvalue weighted by Gasteiger charge is 2.33. The van der Waals surface area contributed by atoms with Gasteiger partial charge in [0.05, 0.1) is 5.60 Å². The number of amides is 2. The highest BCUT2D eigenvalue weighted by molar-refractivity contribution is 6.39. The van der Waals surface area contributed by atoms with Gasteiger partial charge in [-0.2, -0.15) is 0 Å². The lowest BCUT2D eigenvalue weighted by Crippen LogP contribution is -2.49. The zero-order valence-electron chi connectivity index (χ0n) is 12.4. The molecule has 0 aliphatic heterocycles. The maximum absolute atomic E-state index is 11.8. The molecule has 1 unspecified atom stereocenters. The molecule has 1 aliphatic rings. The van der Waals surface area contributed by atoms with E-state index in [0.29, 0.717) is 12.8 Å². The fourth-order valence-electron chi connectivity index (χ4n) is 2.71. The van der Waals surface area contributed by atoms with Gasteiger partial charge in [0, 0.05) is 19.0 Å². The molecule has 3 rings (SSSR count). The number of hydrogen-bond donors (Lipinski definition) is 3. The van der Waals surface area contributed by atoms with Gasteiger partial charge in [-0.15, -0.1) is 0 Å². The third-order valence-electron chi connectivity index (χ3n) is 3.96. The third kappa shape index (κ3) is 3.57. The van der Waals surface area contributed by atoms with Crippen LogP contribution >= 0.6 is 0 Å². The molecule has 0 radical (unpaired) electrons. The second-order valence-corrected chi connectivity index (χ2v) is 5.69. The van der Waals surface area contributed by atoms with Gasteiger partial charge in [-0.05, 0) is 24.0 Å². The normalized spacial score (nSPS) is 19.7. The molecule has 0 saturated heterocycles. The summed E-state index contributed by atoms with van der Waals surface area (Å²) < 4.78 is 4.56. The number of aromatic nitrogens is 1. The van der Waals surface area contributed by atoms with Crippen LogP contribution < -0.4 is 10.6 Å². The number of nitrogens with zero attached hydrogens (tertiary/aromatic N) is 1. The highest BCUT2D eigenvalue weighted by Crippen LogP contribution is 2.28. The molecule has 0 bridgehead atoms. The van der Waals surface area contributed by atoms with Crippen LogP contribution in [0.25, 0.3) is 0 Å². The zero-order valence-corrected chi connectivity index (χ0v) is 12.4. The maximum Gasteiger partial charge on any atom is 0.314 e. The number of aryl methyl sites for hydroxylation is 1. The van der Waals surface area contributed by atoms with Crippen LogP contribution in [-0.4, -0.2) is 34.2 Å². The molecule has 3 N–H and O–H groups in total. The van der Waals surface area contributed by atoms with Crippen LogP contribution in [-0.2, 0) is 22.4 Å². The molecule has 0 fully saturated rings. The van der Waals surface area contributed by atoms with Gasteiger partial charge in [-0.25, -0.2) is 0 Å². The summed E-state index contributed by atoms with van der Waals surface area (Å²) in [6.07, 6.45) is 3.02. The molecule has 0 saturated carbocycles. The largest absolute Gasteiger partial charge is 0.388 e. The first-order valence-electron chi connectivity index (χ1n) is 7.34. The Morgan fingerprint density at radius 1 is 1.22 bits per heavy atom. The number of hydrogen-bond acceptors (Lipinski definition) is 5. The SMILES string of the molecule is O=C(NCC1(O)CCc2ccccc2C1)C(=O)Nc1ccon1. The highest BCUT2D eigenvalue weighted by atomic mass is 16.5. The van der Waals surface area contributed by atoms with E-state index in [1.54, 1.807) is 0 Å². The lowest BCUT2D eigenvalue weighted by Gasteiger charge is -2.33. The van der Waals surface area contributed by atoms with Crippen molar-refractivity contribution in [2.24, 2.45) is 0 Å². The Hall–Kier alpha value is -2.67. The van der Waals surface area contributed by atoms with Crippen LogP contribution in [0.5, 0.6) is 0 Å². The van der Waals surface area contributed by atoms with E-state index in [4.69, 9.17) is 0 Å². The van der Waals surface area contributed by atoms with Crippen molar-refractivity contribution < 1.29 is 19.2 Å². The molecule has 1 aromatic carbocycles. The van der Waals surface area contributed by atoms with Crippen LogP contribution in [0.2, 0.25) is 0 Å². The number of benzene rings is 1. The summed E-state index contributed by atoms with van der Waals surface area (Å²) in [5.41, 5.74) is 1.24. The molecule has 1 aromatic heterocycles. The fraction of sp³-hybridized carbons (Fsp3) is 0.312. The zero-order chi connectivity index (χ0) is 16.3. The minimum absolute atomic E-state index is 0.0202. The molecule has 2 amide bonds. The molecule has 0 spiro atoms. The van der Waals surface area contributed by atoms with E-state index in [9.17, 15) is 14.7 Å². The molecule has 120 valence electrons. The van der Waals surface area contributed by atoms with E-state index in [2.05, 4.69) is 20.3 Å². The van der Waals surface area contributed by atoms with Crippen molar-refractivity contribution in [1.82, 2.24) is 10.5 Å². The molecule has 1 heterocycles. The first-order valence-corrected chi connectivity index (χ1v) is 7.34. The summed E-state index contributed by atoms with van der Waals surface area (Å²) in [6, 6.07) is 9.34. The predicted octanol–water partition coefficient (Wildman–Crippen LogP) is 0.649. The summed E-state index contributed by atoms with van der Waals surface area (Å²) in [6.45, 7) is 0.0202. The Labute approximate surface area is 132 Å². The number of carbonyl (C=O) groups excluding carboxylic acids is 2. The molecule has 23 heavy (non-hydrogen) atoms. The number of nitrogens with one attached hydrogen (secondary N) is 2. The van der Waals surface area contributed by atoms with Gasteiger partial charge in [0.15, 0.2) is 5.82 Å². The summed E-state index contributed by atoms with van der Waals surface area (Å²) in [5, 5.41) is 18.9. The third-order valence-corrected chi connectivity index (χ3v) is 3.96. The average molecular weight is 315 g/mol. The Morgan fingerprint density at radius 3 is 2.74 bits per heavy atom. The van der Waals surface area contributed by atoms with Crippen molar-refractivity contribution in [3.8, 4) is 0 Å². The summed E-state index contributed by atoms with van der Waals surface area (Å²) in [7, 11) is 0. The van der Waals surface area contributed by atoms with Crippen molar-refractivity contribution in [1.29, 1.82) is 0 Å². The van der Waals surface area contributed by atoms with Gasteiger partial charge in [-0.1, -0.05) is 29.4 Å². The lowest BCUT2D eigenvalue weighted by molar-refractivity contribution is -0.137. The predicted molar refractivity (Wildman–Crippen MR) is 81.6 cm³/mol. The number of anilines is 1. The van der Waals surface area contributed by atoms with E-state index in [-0.39, 0.29) is 12.4 Å². The smallest absolute Gasteiger partial charge is 0.314 e. The Kier molecular flexibility index (Phi) is 4.12. The van der Waals surface area contributed by atoms with Crippen molar-refractivity contribution in [3.05, 3.63) is 47.7 Å². The van der Waals surface area contributed by atoms with Gasteiger partial charge in [0.25, 0.3) is 0 Å². The van der Waals surface area contributed by atoms with Crippen molar-refractivity contribution in [3.63, 3.8) is 0 Å². The molecule has 7 nitrogen and oxygen atoms in total. The molecule has 1 aliphatic carbocycles. The minimum atomic E-state index is -1.04. The Morgan fingerprint density at radius 2 is 2.00 bits per heavy atom. The van der Waals surface area contributed by atoms with Crippen LogP contribution in [0.3, 0.4) is 0 Å². The number of aliphatic hydroxyl groups is 1. The first kappa shape index (κ1) is 15.2. The van der Waals surface area contributed by atoms with E-state index in [1.165, 1.54) is 17.9 Å². The second-order valence-electron chi connectivity index (χ2n) is 5.69. The topological polar surface area (TPSA) is 104 Å². The van der Waals surface area contributed by atoms with E-state index in [0.717, 1.165) is 12.0 Å². The van der Waals surface area contributed by atoms with Gasteiger partial charge in [0.1, 0.15) is 6.26 Å². The first-order chi connectivity index (χ1) is 11.1. The molecule has 1 atom stereocenters. The Bertz CT molecular complexity index is 714. The fourth-order valence-corrected chi connectivity index (χ4v) is 2.71. The van der Waals surface area contributed by atoms with E-state index >= 15 is 0 Å². The molecule has 7 heteroatoms. The molecular formula is C16H17N3O4. The van der Waals surface area contributed by atoms with Crippen molar-refractivity contribution >= 4 is 17.6 Å². The van der Waals surface area contributed by atoms with Crippen LogP contribution in [0.15, 0.2) is 41.1 Å². The van der Waals surface area contributed by atoms with Gasteiger partial charge in [0.2, 0.25) is 0 Å². The van der Waals surface area contributed by atoms with Gasteiger partial charge in [-0.3, -0.25) is 14.9 Å².